The van der Waals surface area contributed by atoms with Crippen molar-refractivity contribution in [1.82, 2.24) is 0 Å². The van der Waals surface area contributed by atoms with Crippen LogP contribution in [0.25, 0.3) is 0 Å². The Morgan fingerprint density at radius 2 is 1.67 bits per heavy atom. The number of aliphatic hydroxyl groups is 1. The molecule has 1 rings (SSSR count). The minimum atomic E-state index is -1.65. The molecule has 0 amide bonds. The second-order valence-electron chi connectivity index (χ2n) is 5.19. The Labute approximate surface area is 90.9 Å². The number of hydrogen-bond donors (Lipinski definition) is 1. The fraction of sp³-hybridized carbons (Fsp3) is 0.538. The van der Waals surface area contributed by atoms with Gasteiger partial charge in [-0.25, -0.2) is 4.39 Å². The van der Waals surface area contributed by atoms with E-state index in [4.69, 9.17) is 5.11 Å². The summed E-state index contributed by atoms with van der Waals surface area (Å²) in [5, 5.41) is 8.97. The van der Waals surface area contributed by atoms with Crippen LogP contribution < -0.4 is 0 Å². The summed E-state index contributed by atoms with van der Waals surface area (Å²) in [6.07, 6.45) is 0. The van der Waals surface area contributed by atoms with Crippen LogP contribution in [0.2, 0.25) is 0 Å². The van der Waals surface area contributed by atoms with E-state index < -0.39 is 12.3 Å². The van der Waals surface area contributed by atoms with Gasteiger partial charge < -0.3 is 5.11 Å². The van der Waals surface area contributed by atoms with Crippen molar-refractivity contribution in [2.75, 3.05) is 6.61 Å². The highest BCUT2D eigenvalue weighted by atomic mass is 19.1. The summed E-state index contributed by atoms with van der Waals surface area (Å²) >= 11 is 0. The predicted octanol–water partition coefficient (Wildman–Crippen LogP) is 3.16. The molecule has 1 aromatic rings. The summed E-state index contributed by atoms with van der Waals surface area (Å²) in [6, 6.07) is 7.36. The average Bonchev–Trinajstić information content (AvgIpc) is 2.17. The third-order valence-electron chi connectivity index (χ3n) is 2.63. The van der Waals surface area contributed by atoms with Crippen molar-refractivity contribution < 1.29 is 9.50 Å². The fourth-order valence-corrected chi connectivity index (χ4v) is 1.40. The van der Waals surface area contributed by atoms with Crippen LogP contribution in [-0.4, -0.2) is 11.7 Å². The highest BCUT2D eigenvalue weighted by molar-refractivity contribution is 5.31. The first-order valence-electron chi connectivity index (χ1n) is 5.18. The first kappa shape index (κ1) is 12.2. The maximum absolute atomic E-state index is 13.9. The van der Waals surface area contributed by atoms with Crippen molar-refractivity contribution in [3.63, 3.8) is 0 Å². The molecule has 0 spiro atoms. The zero-order valence-electron chi connectivity index (χ0n) is 9.84. The molecule has 1 unspecified atom stereocenters. The number of rotatable bonds is 2. The summed E-state index contributed by atoms with van der Waals surface area (Å²) in [6.45, 7) is 7.16. The van der Waals surface area contributed by atoms with Gasteiger partial charge in [0.15, 0.2) is 5.67 Å². The molecule has 0 aromatic heterocycles. The summed E-state index contributed by atoms with van der Waals surface area (Å²) < 4.78 is 13.9. The molecule has 1 N–H and O–H groups in total. The Bertz CT molecular complexity index is 337. The van der Waals surface area contributed by atoms with Crippen molar-refractivity contribution in [1.29, 1.82) is 0 Å². The van der Waals surface area contributed by atoms with Gasteiger partial charge in [-0.3, -0.25) is 0 Å². The summed E-state index contributed by atoms with van der Waals surface area (Å²) in [4.78, 5) is 0. The second-order valence-corrected chi connectivity index (χ2v) is 5.19. The SMILES string of the molecule is CC(C)(C)c1cccc(C(C)(F)CO)c1. The molecule has 0 aliphatic heterocycles. The number of hydrogen-bond acceptors (Lipinski definition) is 1. The van der Waals surface area contributed by atoms with E-state index in [-0.39, 0.29) is 5.41 Å². The molecule has 84 valence electrons. The molecule has 1 atom stereocenters. The quantitative estimate of drug-likeness (QED) is 0.795. The van der Waals surface area contributed by atoms with Gasteiger partial charge in [-0.15, -0.1) is 0 Å². The minimum Gasteiger partial charge on any atom is -0.393 e. The van der Waals surface area contributed by atoms with Crippen molar-refractivity contribution >= 4 is 0 Å². The van der Waals surface area contributed by atoms with Crippen molar-refractivity contribution in [2.24, 2.45) is 0 Å². The lowest BCUT2D eigenvalue weighted by Gasteiger charge is -2.23. The number of benzene rings is 1. The predicted molar refractivity (Wildman–Crippen MR) is 60.7 cm³/mol. The molecule has 0 heterocycles. The zero-order valence-corrected chi connectivity index (χ0v) is 9.84. The number of aliphatic hydroxyl groups excluding tert-OH is 1. The number of alkyl halides is 1. The van der Waals surface area contributed by atoms with Crippen LogP contribution in [0.15, 0.2) is 24.3 Å². The van der Waals surface area contributed by atoms with Crippen LogP contribution in [-0.2, 0) is 11.1 Å². The van der Waals surface area contributed by atoms with Crippen molar-refractivity contribution in [3.05, 3.63) is 35.4 Å². The molecular formula is C13H19FO. The van der Waals surface area contributed by atoms with Crippen molar-refractivity contribution in [3.8, 4) is 0 Å². The summed E-state index contributed by atoms with van der Waals surface area (Å²) in [5.41, 5.74) is -0.0299. The van der Waals surface area contributed by atoms with E-state index >= 15 is 0 Å². The molecule has 1 aromatic carbocycles. The highest BCUT2D eigenvalue weighted by Crippen LogP contribution is 2.29. The number of halogens is 1. The van der Waals surface area contributed by atoms with Gasteiger partial charge >= 0.3 is 0 Å². The van der Waals surface area contributed by atoms with E-state index in [0.717, 1.165) is 5.56 Å². The van der Waals surface area contributed by atoms with Crippen LogP contribution in [0.4, 0.5) is 4.39 Å². The second kappa shape index (κ2) is 3.93. The van der Waals surface area contributed by atoms with Gasteiger partial charge in [0, 0.05) is 0 Å². The minimum absolute atomic E-state index is 0.00153. The highest BCUT2D eigenvalue weighted by Gasteiger charge is 2.26. The van der Waals surface area contributed by atoms with Crippen LogP contribution >= 0.6 is 0 Å². The maximum atomic E-state index is 13.9. The first-order valence-corrected chi connectivity index (χ1v) is 5.18. The Morgan fingerprint density at radius 1 is 1.13 bits per heavy atom. The Morgan fingerprint density at radius 3 is 2.13 bits per heavy atom. The lowest BCUT2D eigenvalue weighted by atomic mass is 9.84. The van der Waals surface area contributed by atoms with Gasteiger partial charge in [0.05, 0.1) is 6.61 Å². The molecule has 0 radical (unpaired) electrons. The van der Waals surface area contributed by atoms with E-state index in [0.29, 0.717) is 5.56 Å². The monoisotopic (exact) mass is 210 g/mol. The van der Waals surface area contributed by atoms with Crippen LogP contribution in [0.3, 0.4) is 0 Å². The van der Waals surface area contributed by atoms with E-state index in [1.54, 1.807) is 6.07 Å². The lowest BCUT2D eigenvalue weighted by molar-refractivity contribution is 0.0866. The molecule has 0 aliphatic carbocycles. The molecule has 0 saturated heterocycles. The van der Waals surface area contributed by atoms with Crippen molar-refractivity contribution in [2.45, 2.75) is 38.8 Å². The molecule has 2 heteroatoms. The smallest absolute Gasteiger partial charge is 0.156 e. The summed E-state index contributed by atoms with van der Waals surface area (Å²) in [5.74, 6) is 0. The van der Waals surface area contributed by atoms with Gasteiger partial charge in [-0.05, 0) is 23.5 Å². The maximum Gasteiger partial charge on any atom is 0.156 e. The summed E-state index contributed by atoms with van der Waals surface area (Å²) in [7, 11) is 0. The molecule has 0 saturated carbocycles. The van der Waals surface area contributed by atoms with E-state index in [9.17, 15) is 4.39 Å². The molecule has 15 heavy (non-hydrogen) atoms. The van der Waals surface area contributed by atoms with Gasteiger partial charge in [-0.1, -0.05) is 45.0 Å². The van der Waals surface area contributed by atoms with Gasteiger partial charge in [-0.2, -0.15) is 0 Å². The average molecular weight is 210 g/mol. The van der Waals surface area contributed by atoms with Gasteiger partial charge in [0.2, 0.25) is 0 Å². The third-order valence-corrected chi connectivity index (χ3v) is 2.63. The van der Waals surface area contributed by atoms with E-state index in [1.165, 1.54) is 6.92 Å². The molecule has 0 aliphatic rings. The molecule has 0 fully saturated rings. The standard InChI is InChI=1S/C13H19FO/c1-12(2,3)10-6-5-7-11(8-10)13(4,14)9-15/h5-8,15H,9H2,1-4H3. The molecule has 1 nitrogen and oxygen atoms in total. The topological polar surface area (TPSA) is 20.2 Å². The van der Waals surface area contributed by atoms with Gasteiger partial charge in [0.1, 0.15) is 0 Å². The third kappa shape index (κ3) is 2.78. The Balaban J connectivity index is 3.14. The Kier molecular flexibility index (Phi) is 3.19. The molecular weight excluding hydrogens is 191 g/mol. The lowest BCUT2D eigenvalue weighted by Crippen LogP contribution is -2.21. The van der Waals surface area contributed by atoms with Crippen LogP contribution in [0, 0.1) is 0 Å². The van der Waals surface area contributed by atoms with Gasteiger partial charge in [0.25, 0.3) is 0 Å². The van der Waals surface area contributed by atoms with Crippen LogP contribution in [0.1, 0.15) is 38.8 Å². The Hall–Kier alpha value is -0.890. The van der Waals surface area contributed by atoms with E-state index in [1.807, 2.05) is 18.2 Å². The van der Waals surface area contributed by atoms with Crippen LogP contribution in [0.5, 0.6) is 0 Å². The van der Waals surface area contributed by atoms with E-state index in [2.05, 4.69) is 20.8 Å². The zero-order chi connectivity index (χ0) is 11.7. The largest absolute Gasteiger partial charge is 0.393 e. The first-order chi connectivity index (χ1) is 6.77. The normalized spacial score (nSPS) is 16.1. The fourth-order valence-electron chi connectivity index (χ4n) is 1.40. The molecule has 0 bridgehead atoms.